The molecule has 5 aromatic rings. The van der Waals surface area contributed by atoms with Gasteiger partial charge >= 0.3 is 0 Å². The van der Waals surface area contributed by atoms with Gasteiger partial charge in [0, 0.05) is 37.4 Å². The summed E-state index contributed by atoms with van der Waals surface area (Å²) in [6.45, 7) is 0. The van der Waals surface area contributed by atoms with Crippen molar-refractivity contribution in [2.75, 3.05) is 10.6 Å². The second kappa shape index (κ2) is 15.3. The zero-order chi connectivity index (χ0) is 31.6. The number of rotatable bonds is 10. The molecule has 3 N–H and O–H groups in total. The van der Waals surface area contributed by atoms with E-state index in [1.807, 2.05) is 72.8 Å². The van der Waals surface area contributed by atoms with Gasteiger partial charge in [-0.3, -0.25) is 14.4 Å². The van der Waals surface area contributed by atoms with Crippen LogP contribution in [0.5, 0.6) is 0 Å². The number of anilines is 2. The van der Waals surface area contributed by atoms with E-state index in [4.69, 9.17) is 23.2 Å². The van der Waals surface area contributed by atoms with Gasteiger partial charge in [0.2, 0.25) is 5.91 Å². The van der Waals surface area contributed by atoms with Crippen molar-refractivity contribution in [2.45, 2.75) is 10.1 Å². The van der Waals surface area contributed by atoms with E-state index in [1.54, 1.807) is 60.7 Å². The molecule has 0 bridgehead atoms. The molecular weight excluding hydrogens is 625 g/mol. The number of carbonyl (C=O) groups is 3. The molecule has 0 radical (unpaired) electrons. The van der Waals surface area contributed by atoms with E-state index in [9.17, 15) is 14.4 Å². The van der Waals surface area contributed by atoms with Crippen LogP contribution in [0.4, 0.5) is 11.4 Å². The number of para-hydroxylation sites is 1. The molecule has 3 amide bonds. The molecule has 0 heterocycles. The average molecular weight is 653 g/mol. The summed E-state index contributed by atoms with van der Waals surface area (Å²) >= 11 is 14.1. The zero-order valence-electron chi connectivity index (χ0n) is 23.7. The summed E-state index contributed by atoms with van der Waals surface area (Å²) < 4.78 is 0. The van der Waals surface area contributed by atoms with Crippen LogP contribution in [0, 0.1) is 0 Å². The highest BCUT2D eigenvalue weighted by molar-refractivity contribution is 8.00. The van der Waals surface area contributed by atoms with Crippen LogP contribution >= 0.6 is 35.0 Å². The zero-order valence-corrected chi connectivity index (χ0v) is 26.1. The molecule has 5 aromatic carbocycles. The van der Waals surface area contributed by atoms with Crippen LogP contribution in [0.15, 0.2) is 144 Å². The van der Waals surface area contributed by atoms with Gasteiger partial charge in [0.25, 0.3) is 11.8 Å². The SMILES string of the molecule is O=C(Nc1ccc(SC(C(=O)Nc2ccccc2)c2ccccc2)cc1)/C(=C/c1c(Cl)cccc1Cl)NC(=O)c1ccccc1. The van der Waals surface area contributed by atoms with E-state index in [2.05, 4.69) is 16.0 Å². The second-order valence-corrected chi connectivity index (χ2v) is 11.7. The fourth-order valence-corrected chi connectivity index (χ4v) is 5.85. The molecule has 0 aliphatic carbocycles. The topological polar surface area (TPSA) is 87.3 Å². The first-order valence-electron chi connectivity index (χ1n) is 13.9. The van der Waals surface area contributed by atoms with Crippen molar-refractivity contribution in [3.63, 3.8) is 0 Å². The maximum Gasteiger partial charge on any atom is 0.272 e. The summed E-state index contributed by atoms with van der Waals surface area (Å²) in [6, 6.07) is 39.5. The standard InChI is InChI=1S/C36H27Cl2N3O3S/c37-30-17-10-18-31(38)29(30)23-32(41-34(42)25-13-6-2-7-14-25)35(43)39-27-19-21-28(22-20-27)45-33(24-11-4-1-5-12-24)36(44)40-26-15-8-3-9-16-26/h1-23,33H,(H,39,43)(H,40,44)(H,41,42)/b32-23-. The molecule has 0 aliphatic heterocycles. The number of thioether (sulfide) groups is 1. The number of carbonyl (C=O) groups excluding carboxylic acids is 3. The highest BCUT2D eigenvalue weighted by Crippen LogP contribution is 2.37. The van der Waals surface area contributed by atoms with E-state index in [1.165, 1.54) is 17.8 Å². The second-order valence-electron chi connectivity index (χ2n) is 9.76. The quantitative estimate of drug-likeness (QED) is 0.104. The Balaban J connectivity index is 1.35. The Bertz CT molecular complexity index is 1800. The van der Waals surface area contributed by atoms with Crippen LogP contribution in [0.3, 0.4) is 0 Å². The lowest BCUT2D eigenvalue weighted by atomic mass is 10.1. The average Bonchev–Trinajstić information content (AvgIpc) is 3.06. The number of nitrogens with one attached hydrogen (secondary N) is 3. The van der Waals surface area contributed by atoms with Crippen molar-refractivity contribution in [3.8, 4) is 0 Å². The number of hydrogen-bond acceptors (Lipinski definition) is 4. The van der Waals surface area contributed by atoms with Gasteiger partial charge in [-0.15, -0.1) is 11.8 Å². The smallest absolute Gasteiger partial charge is 0.272 e. The molecule has 224 valence electrons. The van der Waals surface area contributed by atoms with Crippen LogP contribution in [0.2, 0.25) is 10.0 Å². The van der Waals surface area contributed by atoms with Crippen molar-refractivity contribution in [1.82, 2.24) is 5.32 Å². The summed E-state index contributed by atoms with van der Waals surface area (Å²) in [4.78, 5) is 40.6. The van der Waals surface area contributed by atoms with E-state index < -0.39 is 17.1 Å². The lowest BCUT2D eigenvalue weighted by molar-refractivity contribution is -0.116. The molecule has 1 unspecified atom stereocenters. The third kappa shape index (κ3) is 8.64. The maximum absolute atomic E-state index is 13.5. The van der Waals surface area contributed by atoms with Crippen molar-refractivity contribution in [3.05, 3.63) is 166 Å². The fraction of sp³-hybridized carbons (Fsp3) is 0.0278. The molecule has 0 aliphatic rings. The van der Waals surface area contributed by atoms with Gasteiger partial charge in [0.05, 0.1) is 0 Å². The maximum atomic E-state index is 13.5. The highest BCUT2D eigenvalue weighted by Gasteiger charge is 2.23. The van der Waals surface area contributed by atoms with Crippen LogP contribution in [0.25, 0.3) is 6.08 Å². The first-order chi connectivity index (χ1) is 21.9. The normalized spacial score (nSPS) is 11.7. The van der Waals surface area contributed by atoms with Gasteiger partial charge in [-0.1, -0.05) is 96.0 Å². The Hall–Kier alpha value is -4.82. The fourth-order valence-electron chi connectivity index (χ4n) is 4.32. The van der Waals surface area contributed by atoms with E-state index in [-0.39, 0.29) is 11.6 Å². The first kappa shape index (κ1) is 31.6. The Morgan fingerprint density at radius 3 is 1.80 bits per heavy atom. The van der Waals surface area contributed by atoms with Gasteiger partial charge in [0.15, 0.2) is 0 Å². The van der Waals surface area contributed by atoms with Crippen LogP contribution < -0.4 is 16.0 Å². The summed E-state index contributed by atoms with van der Waals surface area (Å²) in [5.74, 6) is -1.19. The molecule has 9 heteroatoms. The molecular formula is C36H27Cl2N3O3S. The van der Waals surface area contributed by atoms with Gasteiger partial charge < -0.3 is 16.0 Å². The number of halogens is 2. The summed E-state index contributed by atoms with van der Waals surface area (Å²) in [5, 5.41) is 8.64. The highest BCUT2D eigenvalue weighted by atomic mass is 35.5. The Morgan fingerprint density at radius 1 is 0.622 bits per heavy atom. The minimum atomic E-state index is -0.569. The molecule has 5 rings (SSSR count). The molecule has 0 aromatic heterocycles. The molecule has 0 saturated heterocycles. The Labute approximate surface area is 275 Å². The van der Waals surface area contributed by atoms with Crippen molar-refractivity contribution >= 4 is 70.1 Å². The van der Waals surface area contributed by atoms with E-state index >= 15 is 0 Å². The molecule has 6 nitrogen and oxygen atoms in total. The summed E-state index contributed by atoms with van der Waals surface area (Å²) in [7, 11) is 0. The number of hydrogen-bond donors (Lipinski definition) is 3. The van der Waals surface area contributed by atoms with Gasteiger partial charge in [0.1, 0.15) is 10.9 Å². The van der Waals surface area contributed by atoms with Crippen molar-refractivity contribution < 1.29 is 14.4 Å². The summed E-state index contributed by atoms with van der Waals surface area (Å²) in [6.07, 6.45) is 1.45. The number of benzene rings is 5. The van der Waals surface area contributed by atoms with Crippen LogP contribution in [-0.2, 0) is 9.59 Å². The first-order valence-corrected chi connectivity index (χ1v) is 15.5. The number of amides is 3. The predicted octanol–water partition coefficient (Wildman–Crippen LogP) is 8.88. The van der Waals surface area contributed by atoms with Crippen LogP contribution in [0.1, 0.15) is 26.7 Å². The molecule has 0 saturated carbocycles. The molecule has 1 atom stereocenters. The lowest BCUT2D eigenvalue weighted by Crippen LogP contribution is -2.30. The monoisotopic (exact) mass is 651 g/mol. The van der Waals surface area contributed by atoms with Crippen molar-refractivity contribution in [2.24, 2.45) is 0 Å². The minimum Gasteiger partial charge on any atom is -0.325 e. The molecule has 45 heavy (non-hydrogen) atoms. The largest absolute Gasteiger partial charge is 0.325 e. The third-order valence-electron chi connectivity index (χ3n) is 6.57. The van der Waals surface area contributed by atoms with Gasteiger partial charge in [-0.2, -0.15) is 0 Å². The molecule has 0 fully saturated rings. The Kier molecular flexibility index (Phi) is 10.7. The van der Waals surface area contributed by atoms with Crippen molar-refractivity contribution in [1.29, 1.82) is 0 Å². The lowest BCUT2D eigenvalue weighted by Gasteiger charge is -2.17. The van der Waals surface area contributed by atoms with Gasteiger partial charge in [-0.05, 0) is 72.3 Å². The van der Waals surface area contributed by atoms with E-state index in [0.29, 0.717) is 32.5 Å². The third-order valence-corrected chi connectivity index (χ3v) is 8.49. The minimum absolute atomic E-state index is 0.0426. The Morgan fingerprint density at radius 2 is 1.18 bits per heavy atom. The summed E-state index contributed by atoms with van der Waals surface area (Å²) in [5.41, 5.74) is 2.79. The predicted molar refractivity (Wildman–Crippen MR) is 184 cm³/mol. The molecule has 0 spiro atoms. The van der Waals surface area contributed by atoms with E-state index in [0.717, 1.165) is 10.5 Å². The van der Waals surface area contributed by atoms with Crippen LogP contribution in [-0.4, -0.2) is 17.7 Å². The van der Waals surface area contributed by atoms with Gasteiger partial charge in [-0.25, -0.2) is 0 Å².